The molecule has 3 heterocycles. The molecule has 120 valence electrons. The van der Waals surface area contributed by atoms with Crippen LogP contribution in [0.25, 0.3) is 11.2 Å². The highest BCUT2D eigenvalue weighted by molar-refractivity contribution is 7.71. The van der Waals surface area contributed by atoms with Gasteiger partial charge in [0.05, 0.1) is 6.61 Å². The molecule has 0 aliphatic carbocycles. The maximum atomic E-state index is 12.2. The zero-order valence-corrected chi connectivity index (χ0v) is 12.3. The summed E-state index contributed by atoms with van der Waals surface area (Å²) in [6, 6.07) is 0. The number of aromatic amines is 1. The average Bonchev–Trinajstić information content (AvgIpc) is 2.95. The van der Waals surface area contributed by atoms with E-state index >= 15 is 0 Å². The second kappa shape index (κ2) is 5.14. The third-order valence-corrected chi connectivity index (χ3v) is 4.23. The van der Waals surface area contributed by atoms with Crippen LogP contribution in [0.15, 0.2) is 4.79 Å². The van der Waals surface area contributed by atoms with Crippen molar-refractivity contribution < 1.29 is 20.1 Å². The third-order valence-electron chi connectivity index (χ3n) is 3.76. The number of nitrogens with one attached hydrogen (secondary N) is 1. The van der Waals surface area contributed by atoms with Gasteiger partial charge in [-0.3, -0.25) is 0 Å². The van der Waals surface area contributed by atoms with Gasteiger partial charge in [-0.05, 0) is 0 Å². The summed E-state index contributed by atoms with van der Waals surface area (Å²) in [6.45, 7) is -0.497. The standard InChI is InChI=1S/C11H15N5O5S/c1-15-9(22)4-7(14-10(15)12)16(11(20)13-4)8-6(19)5(18)3(2-17)21-8/h3,5-6,8,17-19H,2H2,1H3,(H2,12,14)(H,13,20). The van der Waals surface area contributed by atoms with Crippen LogP contribution < -0.4 is 11.4 Å². The van der Waals surface area contributed by atoms with Gasteiger partial charge in [0, 0.05) is 7.05 Å². The lowest BCUT2D eigenvalue weighted by Gasteiger charge is -2.16. The smallest absolute Gasteiger partial charge is 0.330 e. The molecule has 4 atom stereocenters. The molecule has 22 heavy (non-hydrogen) atoms. The van der Waals surface area contributed by atoms with Gasteiger partial charge in [-0.25, -0.2) is 9.36 Å². The molecule has 2 aromatic heterocycles. The topological polar surface area (TPSA) is 152 Å². The molecule has 1 aliphatic heterocycles. The third kappa shape index (κ3) is 1.98. The maximum Gasteiger partial charge on any atom is 0.330 e. The minimum atomic E-state index is -1.40. The first kappa shape index (κ1) is 15.1. The molecule has 0 saturated carbocycles. The summed E-state index contributed by atoms with van der Waals surface area (Å²) >= 11 is 5.20. The summed E-state index contributed by atoms with van der Waals surface area (Å²) in [6.07, 6.45) is -4.94. The fourth-order valence-corrected chi connectivity index (χ4v) is 2.72. The van der Waals surface area contributed by atoms with E-state index in [0.29, 0.717) is 0 Å². The van der Waals surface area contributed by atoms with E-state index in [-0.39, 0.29) is 21.8 Å². The van der Waals surface area contributed by atoms with Crippen LogP contribution in [0, 0.1) is 4.64 Å². The molecule has 3 rings (SSSR count). The first-order chi connectivity index (χ1) is 10.4. The SMILES string of the molecule is Cn1c(N)nc2c([nH]c(=O)n2C2OC(CO)C(O)C2O)c1=S. The van der Waals surface area contributed by atoms with Crippen molar-refractivity contribution in [1.29, 1.82) is 0 Å². The maximum absolute atomic E-state index is 12.2. The minimum Gasteiger partial charge on any atom is -0.394 e. The van der Waals surface area contributed by atoms with Crippen LogP contribution in [-0.2, 0) is 11.8 Å². The summed E-state index contributed by atoms with van der Waals surface area (Å²) in [7, 11) is 1.60. The quantitative estimate of drug-likeness (QED) is 0.396. The molecular weight excluding hydrogens is 314 g/mol. The van der Waals surface area contributed by atoms with Crippen LogP contribution in [0.4, 0.5) is 5.95 Å². The summed E-state index contributed by atoms with van der Waals surface area (Å²) < 4.78 is 8.08. The largest absolute Gasteiger partial charge is 0.394 e. The van der Waals surface area contributed by atoms with Crippen molar-refractivity contribution in [2.75, 3.05) is 12.3 Å². The number of aliphatic hydroxyl groups is 3. The molecule has 4 unspecified atom stereocenters. The van der Waals surface area contributed by atoms with E-state index in [0.717, 1.165) is 4.57 Å². The van der Waals surface area contributed by atoms with Crippen molar-refractivity contribution in [2.24, 2.45) is 7.05 Å². The molecular formula is C11H15N5O5S. The summed E-state index contributed by atoms with van der Waals surface area (Å²) in [4.78, 5) is 18.8. The number of imidazole rings is 1. The average molecular weight is 329 g/mol. The van der Waals surface area contributed by atoms with Gasteiger partial charge in [-0.15, -0.1) is 0 Å². The zero-order valence-electron chi connectivity index (χ0n) is 11.5. The van der Waals surface area contributed by atoms with Crippen molar-refractivity contribution in [2.45, 2.75) is 24.5 Å². The summed E-state index contributed by atoms with van der Waals surface area (Å²) in [5.74, 6) is 0.0805. The van der Waals surface area contributed by atoms with Crippen molar-refractivity contribution >= 4 is 29.3 Å². The lowest BCUT2D eigenvalue weighted by atomic mass is 10.1. The van der Waals surface area contributed by atoms with E-state index in [1.165, 1.54) is 4.57 Å². The molecule has 11 heteroatoms. The van der Waals surface area contributed by atoms with Gasteiger partial charge < -0.3 is 35.3 Å². The van der Waals surface area contributed by atoms with Gasteiger partial charge in [0.15, 0.2) is 11.9 Å². The van der Waals surface area contributed by atoms with Crippen LogP contribution in [0.5, 0.6) is 0 Å². The fourth-order valence-electron chi connectivity index (χ4n) is 2.48. The lowest BCUT2D eigenvalue weighted by Crippen LogP contribution is -2.35. The van der Waals surface area contributed by atoms with E-state index in [1.54, 1.807) is 7.05 Å². The molecule has 0 amide bonds. The Hall–Kier alpha value is -1.79. The number of aliphatic hydroxyl groups excluding tert-OH is 3. The van der Waals surface area contributed by atoms with E-state index in [2.05, 4.69) is 9.97 Å². The number of hydrogen-bond donors (Lipinski definition) is 5. The number of ether oxygens (including phenoxy) is 1. The van der Waals surface area contributed by atoms with E-state index in [1.807, 2.05) is 0 Å². The minimum absolute atomic E-state index is 0.0805. The molecule has 0 bridgehead atoms. The van der Waals surface area contributed by atoms with Crippen LogP contribution >= 0.6 is 12.2 Å². The molecule has 6 N–H and O–H groups in total. The Kier molecular flexibility index (Phi) is 3.53. The first-order valence-corrected chi connectivity index (χ1v) is 6.86. The molecule has 2 aromatic rings. The Balaban J connectivity index is 2.22. The molecule has 1 fully saturated rings. The molecule has 0 aromatic carbocycles. The molecule has 1 aliphatic rings. The number of anilines is 1. The van der Waals surface area contributed by atoms with Gasteiger partial charge >= 0.3 is 5.69 Å². The van der Waals surface area contributed by atoms with Crippen LogP contribution in [0.1, 0.15) is 6.23 Å². The van der Waals surface area contributed by atoms with Gasteiger partial charge in [0.25, 0.3) is 0 Å². The van der Waals surface area contributed by atoms with E-state index in [9.17, 15) is 15.0 Å². The van der Waals surface area contributed by atoms with Crippen molar-refractivity contribution in [1.82, 2.24) is 19.1 Å². The Morgan fingerprint density at radius 1 is 1.45 bits per heavy atom. The van der Waals surface area contributed by atoms with Gasteiger partial charge in [-0.2, -0.15) is 4.98 Å². The normalized spacial score (nSPS) is 28.5. The second-order valence-electron chi connectivity index (χ2n) is 5.06. The van der Waals surface area contributed by atoms with E-state index < -0.39 is 36.8 Å². The zero-order chi connectivity index (χ0) is 16.2. The fraction of sp³-hybridized carbons (Fsp3) is 0.545. The summed E-state index contributed by atoms with van der Waals surface area (Å²) in [5.41, 5.74) is 5.51. The number of hydrogen-bond acceptors (Lipinski definition) is 8. The lowest BCUT2D eigenvalue weighted by molar-refractivity contribution is -0.0524. The molecule has 1 saturated heterocycles. The predicted octanol–water partition coefficient (Wildman–Crippen LogP) is -2.01. The Bertz CT molecular complexity index is 842. The van der Waals surface area contributed by atoms with Gasteiger partial charge in [0.2, 0.25) is 5.95 Å². The Labute approximate surface area is 128 Å². The monoisotopic (exact) mass is 329 g/mol. The van der Waals surface area contributed by atoms with Crippen LogP contribution in [0.3, 0.4) is 0 Å². The molecule has 10 nitrogen and oxygen atoms in total. The number of rotatable bonds is 2. The Morgan fingerprint density at radius 2 is 2.14 bits per heavy atom. The number of H-pyrrole nitrogens is 1. The van der Waals surface area contributed by atoms with Gasteiger partial charge in [0.1, 0.15) is 28.5 Å². The van der Waals surface area contributed by atoms with Gasteiger partial charge in [-0.1, -0.05) is 12.2 Å². The van der Waals surface area contributed by atoms with Crippen molar-refractivity contribution in [3.63, 3.8) is 0 Å². The number of nitrogens with two attached hydrogens (primary N) is 1. The molecule has 0 spiro atoms. The van der Waals surface area contributed by atoms with Crippen molar-refractivity contribution in [3.8, 4) is 0 Å². The highest BCUT2D eigenvalue weighted by Crippen LogP contribution is 2.30. The van der Waals surface area contributed by atoms with Crippen LogP contribution in [0.2, 0.25) is 0 Å². The number of fused-ring (bicyclic) bond motifs is 1. The first-order valence-electron chi connectivity index (χ1n) is 6.46. The number of aromatic nitrogens is 4. The van der Waals surface area contributed by atoms with E-state index in [4.69, 9.17) is 27.8 Å². The number of nitrogen functional groups attached to an aromatic ring is 1. The molecule has 0 radical (unpaired) electrons. The predicted molar refractivity (Wildman–Crippen MR) is 77.6 cm³/mol. The number of nitrogens with zero attached hydrogens (tertiary/aromatic N) is 3. The summed E-state index contributed by atoms with van der Waals surface area (Å²) in [5, 5.41) is 29.0. The van der Waals surface area contributed by atoms with Crippen LogP contribution in [-0.4, -0.2) is 59.3 Å². The highest BCUT2D eigenvalue weighted by Gasteiger charge is 2.44. The second-order valence-corrected chi connectivity index (χ2v) is 5.45. The highest BCUT2D eigenvalue weighted by atomic mass is 32.1. The Morgan fingerprint density at radius 3 is 2.73 bits per heavy atom. The van der Waals surface area contributed by atoms with Crippen molar-refractivity contribution in [3.05, 3.63) is 15.1 Å².